The van der Waals surface area contributed by atoms with Gasteiger partial charge in [-0.1, -0.05) is 59.3 Å². The van der Waals surface area contributed by atoms with E-state index in [9.17, 15) is 14.4 Å². The lowest BCUT2D eigenvalue weighted by Gasteiger charge is -2.13. The fraction of sp³-hybridized carbons (Fsp3) is 0.217. The van der Waals surface area contributed by atoms with Crippen LogP contribution in [0.3, 0.4) is 0 Å². The first kappa shape index (κ1) is 26.8. The standard InChI is InChI=1S/C23H20Cl2N2O6S2/c1-2-32-17-10-13(11-18-22(31)27(23(34)35-18)9-8-20(29)30)6-7-16(17)33-12-19(28)26-15-5-3-4-14(24)21(15)25/h3-7,10-11H,2,8-9,12H2,1H3,(H,26,28)(H,29,30)/b18-11-. The summed E-state index contributed by atoms with van der Waals surface area (Å²) in [6.45, 7) is 1.86. The summed E-state index contributed by atoms with van der Waals surface area (Å²) >= 11 is 18.4. The Morgan fingerprint density at radius 3 is 2.69 bits per heavy atom. The molecule has 8 nitrogen and oxygen atoms in total. The molecule has 2 amide bonds. The highest BCUT2D eigenvalue weighted by Gasteiger charge is 2.32. The summed E-state index contributed by atoms with van der Waals surface area (Å²) in [5.74, 6) is -1.08. The number of anilines is 1. The molecular formula is C23H20Cl2N2O6S2. The molecule has 0 saturated carbocycles. The third kappa shape index (κ3) is 7.11. The van der Waals surface area contributed by atoms with Crippen LogP contribution < -0.4 is 14.8 Å². The van der Waals surface area contributed by atoms with E-state index in [4.69, 9.17) is 50.0 Å². The smallest absolute Gasteiger partial charge is 0.305 e. The molecule has 0 spiro atoms. The van der Waals surface area contributed by atoms with Gasteiger partial charge in [0.15, 0.2) is 18.1 Å². The van der Waals surface area contributed by atoms with E-state index >= 15 is 0 Å². The molecule has 1 fully saturated rings. The van der Waals surface area contributed by atoms with Crippen LogP contribution in [0, 0.1) is 0 Å². The van der Waals surface area contributed by atoms with Gasteiger partial charge in [-0.3, -0.25) is 19.3 Å². The lowest BCUT2D eigenvalue weighted by Crippen LogP contribution is -2.30. The van der Waals surface area contributed by atoms with Gasteiger partial charge in [0.2, 0.25) is 0 Å². The van der Waals surface area contributed by atoms with Crippen molar-refractivity contribution in [2.75, 3.05) is 25.1 Å². The van der Waals surface area contributed by atoms with Crippen molar-refractivity contribution in [3.05, 3.63) is 56.9 Å². The van der Waals surface area contributed by atoms with Gasteiger partial charge in [0, 0.05) is 6.54 Å². The SMILES string of the molecule is CCOc1cc(/C=C2\SC(=S)N(CCC(=O)O)C2=O)ccc1OCC(=O)Nc1cccc(Cl)c1Cl. The van der Waals surface area contributed by atoms with Crippen LogP contribution in [0.2, 0.25) is 10.0 Å². The molecule has 2 aromatic rings. The van der Waals surface area contributed by atoms with Gasteiger partial charge in [-0.15, -0.1) is 0 Å². The molecule has 0 radical (unpaired) electrons. The van der Waals surface area contributed by atoms with Crippen molar-refractivity contribution >= 4 is 81.0 Å². The zero-order chi connectivity index (χ0) is 25.5. The van der Waals surface area contributed by atoms with Crippen LogP contribution >= 0.6 is 47.2 Å². The van der Waals surface area contributed by atoms with Crippen molar-refractivity contribution in [2.24, 2.45) is 0 Å². The number of carbonyl (C=O) groups excluding carboxylic acids is 2. The molecule has 1 aliphatic rings. The Kier molecular flexibility index (Phi) is 9.39. The van der Waals surface area contributed by atoms with Gasteiger partial charge < -0.3 is 19.9 Å². The van der Waals surface area contributed by atoms with Gasteiger partial charge in [-0.25, -0.2) is 0 Å². The molecule has 35 heavy (non-hydrogen) atoms. The molecule has 2 N–H and O–H groups in total. The van der Waals surface area contributed by atoms with Gasteiger partial charge in [0.25, 0.3) is 11.8 Å². The number of rotatable bonds is 10. The van der Waals surface area contributed by atoms with Crippen LogP contribution in [0.5, 0.6) is 11.5 Å². The van der Waals surface area contributed by atoms with E-state index in [1.54, 1.807) is 49.4 Å². The van der Waals surface area contributed by atoms with Crippen LogP contribution in [0.1, 0.15) is 18.9 Å². The molecule has 3 rings (SSSR count). The van der Waals surface area contributed by atoms with Gasteiger partial charge in [-0.2, -0.15) is 0 Å². The highest BCUT2D eigenvalue weighted by atomic mass is 35.5. The number of hydrogen-bond acceptors (Lipinski definition) is 7. The first-order valence-corrected chi connectivity index (χ1v) is 12.3. The van der Waals surface area contributed by atoms with Crippen LogP contribution in [-0.4, -0.2) is 51.9 Å². The van der Waals surface area contributed by atoms with Crippen LogP contribution in [0.4, 0.5) is 5.69 Å². The summed E-state index contributed by atoms with van der Waals surface area (Å²) in [7, 11) is 0. The maximum Gasteiger partial charge on any atom is 0.305 e. The maximum atomic E-state index is 12.6. The Hall–Kier alpha value is -2.79. The zero-order valence-corrected chi connectivity index (χ0v) is 21.5. The summed E-state index contributed by atoms with van der Waals surface area (Å²) < 4.78 is 11.6. The first-order chi connectivity index (χ1) is 16.7. The summed E-state index contributed by atoms with van der Waals surface area (Å²) in [5, 5.41) is 12.1. The van der Waals surface area contributed by atoms with E-state index in [0.717, 1.165) is 11.8 Å². The number of carbonyl (C=O) groups is 3. The number of carboxylic acids is 1. The predicted octanol–water partition coefficient (Wildman–Crippen LogP) is 5.09. The lowest BCUT2D eigenvalue weighted by atomic mass is 10.2. The number of nitrogens with zero attached hydrogens (tertiary/aromatic N) is 1. The van der Waals surface area contributed by atoms with E-state index in [2.05, 4.69) is 5.32 Å². The van der Waals surface area contributed by atoms with E-state index in [1.807, 2.05) is 0 Å². The van der Waals surface area contributed by atoms with Crippen molar-refractivity contribution in [2.45, 2.75) is 13.3 Å². The minimum Gasteiger partial charge on any atom is -0.490 e. The van der Waals surface area contributed by atoms with Crippen molar-refractivity contribution in [3.63, 3.8) is 0 Å². The topological polar surface area (TPSA) is 105 Å². The van der Waals surface area contributed by atoms with Crippen molar-refractivity contribution in [1.29, 1.82) is 0 Å². The maximum absolute atomic E-state index is 12.6. The van der Waals surface area contributed by atoms with Crippen LogP contribution in [0.25, 0.3) is 6.08 Å². The second-order valence-corrected chi connectivity index (χ2v) is 9.52. The fourth-order valence-corrected chi connectivity index (χ4v) is 4.64. The Bertz CT molecular complexity index is 1200. The molecule has 1 aliphatic heterocycles. The summed E-state index contributed by atoms with van der Waals surface area (Å²) in [6.07, 6.45) is 1.44. The van der Waals surface area contributed by atoms with Gasteiger partial charge in [0.1, 0.15) is 4.32 Å². The quantitative estimate of drug-likeness (QED) is 0.309. The van der Waals surface area contributed by atoms with E-state index < -0.39 is 11.9 Å². The lowest BCUT2D eigenvalue weighted by molar-refractivity contribution is -0.137. The average Bonchev–Trinajstić information content (AvgIpc) is 3.07. The second kappa shape index (κ2) is 12.3. The number of halogens is 2. The van der Waals surface area contributed by atoms with Crippen LogP contribution in [-0.2, 0) is 14.4 Å². The summed E-state index contributed by atoms with van der Waals surface area (Å²) in [5.41, 5.74) is 1.02. The Labute approximate surface area is 221 Å². The van der Waals surface area contributed by atoms with E-state index in [-0.39, 0.29) is 30.5 Å². The molecule has 12 heteroatoms. The number of hydrogen-bond donors (Lipinski definition) is 2. The minimum absolute atomic E-state index is 0.0107. The van der Waals surface area contributed by atoms with E-state index in [1.165, 1.54) is 4.90 Å². The molecule has 1 heterocycles. The first-order valence-electron chi connectivity index (χ1n) is 10.3. The van der Waals surface area contributed by atoms with Crippen molar-refractivity contribution in [1.82, 2.24) is 4.90 Å². The van der Waals surface area contributed by atoms with Gasteiger partial charge in [-0.05, 0) is 42.8 Å². The monoisotopic (exact) mass is 554 g/mol. The number of nitrogens with one attached hydrogen (secondary N) is 1. The molecule has 0 aromatic heterocycles. The van der Waals surface area contributed by atoms with Crippen molar-refractivity contribution in [3.8, 4) is 11.5 Å². The number of carboxylic acid groups (broad SMARTS) is 1. The Morgan fingerprint density at radius 1 is 1.20 bits per heavy atom. The van der Waals surface area contributed by atoms with Gasteiger partial charge in [0.05, 0.1) is 33.7 Å². The molecule has 1 saturated heterocycles. The molecule has 0 aliphatic carbocycles. The number of benzene rings is 2. The number of amides is 2. The fourth-order valence-electron chi connectivity index (χ4n) is 2.98. The second-order valence-electron chi connectivity index (χ2n) is 7.05. The Balaban J connectivity index is 1.70. The molecule has 184 valence electrons. The summed E-state index contributed by atoms with van der Waals surface area (Å²) in [6, 6.07) is 9.90. The molecule has 0 bridgehead atoms. The van der Waals surface area contributed by atoms with Gasteiger partial charge >= 0.3 is 5.97 Å². The number of aliphatic carboxylic acids is 1. The van der Waals surface area contributed by atoms with Crippen molar-refractivity contribution < 1.29 is 29.0 Å². The molecule has 0 unspecified atom stereocenters. The number of thioether (sulfide) groups is 1. The third-order valence-corrected chi connectivity index (χ3v) is 6.77. The summed E-state index contributed by atoms with van der Waals surface area (Å²) in [4.78, 5) is 37.4. The Morgan fingerprint density at radius 2 is 1.97 bits per heavy atom. The number of ether oxygens (including phenoxy) is 2. The highest BCUT2D eigenvalue weighted by molar-refractivity contribution is 8.26. The molecular weight excluding hydrogens is 535 g/mol. The minimum atomic E-state index is -1.01. The largest absolute Gasteiger partial charge is 0.490 e. The predicted molar refractivity (Wildman–Crippen MR) is 140 cm³/mol. The zero-order valence-electron chi connectivity index (χ0n) is 18.4. The number of thiocarbonyl (C=S) groups is 1. The van der Waals surface area contributed by atoms with E-state index in [0.29, 0.717) is 43.6 Å². The molecule has 0 atom stereocenters. The molecule has 2 aromatic carbocycles. The third-order valence-electron chi connectivity index (χ3n) is 4.57. The highest BCUT2D eigenvalue weighted by Crippen LogP contribution is 2.35. The van der Waals surface area contributed by atoms with Crippen LogP contribution in [0.15, 0.2) is 41.3 Å². The normalized spacial score (nSPS) is 14.4. The average molecular weight is 555 g/mol.